The molecule has 1 N–H and O–H groups in total. The van der Waals surface area contributed by atoms with E-state index in [9.17, 15) is 13.8 Å². The summed E-state index contributed by atoms with van der Waals surface area (Å²) in [6.45, 7) is 4.30. The first-order chi connectivity index (χ1) is 15.4. The SMILES string of the molecule is CCC(CC)C1C(=O)NC(C2Cc3ccccc3C2)C(=O)N1Cc1ncccc1S(C)=O. The summed E-state index contributed by atoms with van der Waals surface area (Å²) in [6, 6.07) is 10.7. The van der Waals surface area contributed by atoms with Crippen molar-refractivity contribution in [2.75, 3.05) is 6.26 Å². The van der Waals surface area contributed by atoms with Gasteiger partial charge in [0.15, 0.2) is 0 Å². The standard InChI is InChI=1S/C25H31N3O3S/c1-4-16(5-2)23-24(29)27-22(19-13-17-9-6-7-10-18(17)14-19)25(30)28(23)15-20-21(32(3)31)11-8-12-26-20/h6-12,16,19,22-23H,4-5,13-15H2,1-3H3,(H,27,29). The molecule has 0 saturated carbocycles. The minimum Gasteiger partial charge on any atom is -0.342 e. The number of hydrogen-bond donors (Lipinski definition) is 1. The molecule has 0 radical (unpaired) electrons. The van der Waals surface area contributed by atoms with Gasteiger partial charge in [-0.15, -0.1) is 0 Å². The van der Waals surface area contributed by atoms with E-state index in [0.29, 0.717) is 10.6 Å². The Morgan fingerprint density at radius 3 is 2.34 bits per heavy atom. The summed E-state index contributed by atoms with van der Waals surface area (Å²) in [4.78, 5) is 34.0. The van der Waals surface area contributed by atoms with Crippen LogP contribution >= 0.6 is 0 Å². The summed E-state index contributed by atoms with van der Waals surface area (Å²) < 4.78 is 12.3. The molecule has 32 heavy (non-hydrogen) atoms. The van der Waals surface area contributed by atoms with Crippen LogP contribution in [0.4, 0.5) is 0 Å². The third-order valence-corrected chi connectivity index (χ3v) is 7.97. The Morgan fingerprint density at radius 1 is 1.09 bits per heavy atom. The van der Waals surface area contributed by atoms with Gasteiger partial charge >= 0.3 is 0 Å². The first-order valence-electron chi connectivity index (χ1n) is 11.4. The fourth-order valence-corrected chi connectivity index (χ4v) is 5.97. The van der Waals surface area contributed by atoms with Crippen molar-refractivity contribution in [3.05, 3.63) is 59.4 Å². The first kappa shape index (κ1) is 22.6. The fourth-order valence-electron chi connectivity index (χ4n) is 5.25. The second kappa shape index (κ2) is 9.53. The van der Waals surface area contributed by atoms with Gasteiger partial charge < -0.3 is 10.2 Å². The fraction of sp³-hybridized carbons (Fsp3) is 0.480. The number of carbonyl (C=O) groups is 2. The van der Waals surface area contributed by atoms with E-state index in [1.807, 2.05) is 12.1 Å². The van der Waals surface area contributed by atoms with Crippen LogP contribution < -0.4 is 5.32 Å². The maximum Gasteiger partial charge on any atom is 0.246 e. The number of nitrogens with one attached hydrogen (secondary N) is 1. The van der Waals surface area contributed by atoms with Crippen molar-refractivity contribution in [2.45, 2.75) is 63.1 Å². The van der Waals surface area contributed by atoms with Gasteiger partial charge in [0.1, 0.15) is 12.1 Å². The molecule has 170 valence electrons. The number of nitrogens with zero attached hydrogens (tertiary/aromatic N) is 2. The third-order valence-electron chi connectivity index (χ3n) is 6.98. The Bertz CT molecular complexity index is 1010. The Balaban J connectivity index is 1.67. The predicted octanol–water partition coefficient (Wildman–Crippen LogP) is 2.87. The Kier molecular flexibility index (Phi) is 6.74. The van der Waals surface area contributed by atoms with Gasteiger partial charge in [0.2, 0.25) is 11.8 Å². The van der Waals surface area contributed by atoms with Crippen LogP contribution in [0.2, 0.25) is 0 Å². The molecule has 2 aliphatic rings. The molecule has 3 atom stereocenters. The summed E-state index contributed by atoms with van der Waals surface area (Å²) in [5.74, 6) is -0.0513. The zero-order valence-electron chi connectivity index (χ0n) is 18.9. The molecular weight excluding hydrogens is 422 g/mol. The summed E-state index contributed by atoms with van der Waals surface area (Å²) in [7, 11) is -1.23. The van der Waals surface area contributed by atoms with Gasteiger partial charge in [0.25, 0.3) is 0 Å². The lowest BCUT2D eigenvalue weighted by molar-refractivity contribution is -0.154. The molecule has 1 aromatic carbocycles. The molecule has 3 unspecified atom stereocenters. The number of fused-ring (bicyclic) bond motifs is 1. The highest BCUT2D eigenvalue weighted by atomic mass is 32.2. The molecule has 7 heteroatoms. The molecular formula is C25H31N3O3S. The van der Waals surface area contributed by atoms with E-state index in [1.54, 1.807) is 29.5 Å². The Morgan fingerprint density at radius 2 is 1.75 bits per heavy atom. The molecule has 6 nitrogen and oxygen atoms in total. The van der Waals surface area contributed by atoms with Crippen LogP contribution in [-0.4, -0.2) is 44.2 Å². The average molecular weight is 454 g/mol. The smallest absolute Gasteiger partial charge is 0.246 e. The molecule has 2 heterocycles. The zero-order valence-corrected chi connectivity index (χ0v) is 19.7. The summed E-state index contributed by atoms with van der Waals surface area (Å²) in [5.41, 5.74) is 3.10. The van der Waals surface area contributed by atoms with Gasteiger partial charge in [0, 0.05) is 12.5 Å². The quantitative estimate of drug-likeness (QED) is 0.699. The Hall–Kier alpha value is -2.54. The molecule has 1 aliphatic carbocycles. The van der Waals surface area contributed by atoms with Crippen LogP contribution in [0, 0.1) is 11.8 Å². The minimum atomic E-state index is -1.23. The van der Waals surface area contributed by atoms with Gasteiger partial charge in [-0.05, 0) is 47.9 Å². The van der Waals surface area contributed by atoms with Gasteiger partial charge in [-0.3, -0.25) is 18.8 Å². The van der Waals surface area contributed by atoms with Crippen molar-refractivity contribution in [1.82, 2.24) is 15.2 Å². The van der Waals surface area contributed by atoms with E-state index in [1.165, 1.54) is 11.1 Å². The number of carbonyl (C=O) groups excluding carboxylic acids is 2. The molecule has 4 rings (SSSR count). The third kappa shape index (κ3) is 4.22. The second-order valence-electron chi connectivity index (χ2n) is 8.81. The molecule has 2 amide bonds. The lowest BCUT2D eigenvalue weighted by atomic mass is 9.86. The lowest BCUT2D eigenvalue weighted by Gasteiger charge is -2.43. The minimum absolute atomic E-state index is 0.0394. The molecule has 1 aromatic heterocycles. The van der Waals surface area contributed by atoms with Crippen molar-refractivity contribution in [3.63, 3.8) is 0 Å². The topological polar surface area (TPSA) is 79.4 Å². The predicted molar refractivity (Wildman–Crippen MR) is 124 cm³/mol. The number of aromatic nitrogens is 1. The largest absolute Gasteiger partial charge is 0.342 e. The van der Waals surface area contributed by atoms with Crippen molar-refractivity contribution in [2.24, 2.45) is 11.8 Å². The van der Waals surface area contributed by atoms with E-state index < -0.39 is 22.9 Å². The Labute approximate surface area is 192 Å². The zero-order chi connectivity index (χ0) is 22.8. The molecule has 1 aliphatic heterocycles. The van der Waals surface area contributed by atoms with E-state index in [-0.39, 0.29) is 30.2 Å². The van der Waals surface area contributed by atoms with E-state index in [4.69, 9.17) is 0 Å². The van der Waals surface area contributed by atoms with Crippen LogP contribution in [0.1, 0.15) is 43.5 Å². The van der Waals surface area contributed by atoms with Crippen LogP contribution in [0.15, 0.2) is 47.5 Å². The van der Waals surface area contributed by atoms with Crippen LogP contribution in [0.3, 0.4) is 0 Å². The van der Waals surface area contributed by atoms with Gasteiger partial charge in [0.05, 0.1) is 27.9 Å². The van der Waals surface area contributed by atoms with Crippen LogP contribution in [0.5, 0.6) is 0 Å². The average Bonchev–Trinajstić information content (AvgIpc) is 3.22. The van der Waals surface area contributed by atoms with E-state index in [2.05, 4.69) is 36.3 Å². The maximum atomic E-state index is 13.8. The molecule has 2 aromatic rings. The van der Waals surface area contributed by atoms with Crippen molar-refractivity contribution < 1.29 is 13.8 Å². The highest BCUT2D eigenvalue weighted by Gasteiger charge is 2.47. The number of amides is 2. The molecule has 1 fully saturated rings. The number of hydrogen-bond acceptors (Lipinski definition) is 4. The second-order valence-corrected chi connectivity index (χ2v) is 10.2. The van der Waals surface area contributed by atoms with E-state index in [0.717, 1.165) is 25.7 Å². The monoisotopic (exact) mass is 453 g/mol. The van der Waals surface area contributed by atoms with Crippen molar-refractivity contribution >= 4 is 22.6 Å². The lowest BCUT2D eigenvalue weighted by Crippen LogP contribution is -2.66. The number of benzene rings is 1. The van der Waals surface area contributed by atoms with Gasteiger partial charge in [-0.2, -0.15) is 0 Å². The summed E-state index contributed by atoms with van der Waals surface area (Å²) >= 11 is 0. The summed E-state index contributed by atoms with van der Waals surface area (Å²) in [6.07, 6.45) is 6.42. The van der Waals surface area contributed by atoms with Crippen LogP contribution in [-0.2, 0) is 39.8 Å². The van der Waals surface area contributed by atoms with E-state index >= 15 is 0 Å². The molecule has 0 bridgehead atoms. The highest BCUT2D eigenvalue weighted by Crippen LogP contribution is 2.33. The van der Waals surface area contributed by atoms with Crippen molar-refractivity contribution in [3.8, 4) is 0 Å². The number of pyridine rings is 1. The van der Waals surface area contributed by atoms with Crippen LogP contribution in [0.25, 0.3) is 0 Å². The summed E-state index contributed by atoms with van der Waals surface area (Å²) in [5, 5.41) is 3.08. The molecule has 0 spiro atoms. The highest BCUT2D eigenvalue weighted by molar-refractivity contribution is 7.84. The van der Waals surface area contributed by atoms with Gasteiger partial charge in [-0.1, -0.05) is 51.0 Å². The normalized spacial score (nSPS) is 22.2. The van der Waals surface area contributed by atoms with Crippen molar-refractivity contribution in [1.29, 1.82) is 0 Å². The number of piperazine rings is 1. The van der Waals surface area contributed by atoms with Gasteiger partial charge in [-0.25, -0.2) is 0 Å². The maximum absolute atomic E-state index is 13.8. The number of rotatable bonds is 7. The molecule has 1 saturated heterocycles. The first-order valence-corrected chi connectivity index (χ1v) is 12.9.